The second-order valence-corrected chi connectivity index (χ2v) is 62.6. The number of nitrogens with zero attached hydrogens (tertiary/aromatic N) is 2. The van der Waals surface area contributed by atoms with E-state index in [-0.39, 0.29) is 11.9 Å². The van der Waals surface area contributed by atoms with Crippen LogP contribution in [0.1, 0.15) is 29.8 Å². The van der Waals surface area contributed by atoms with Crippen LogP contribution in [-0.4, -0.2) is 51.0 Å². The Morgan fingerprint density at radius 2 is 1.42 bits per heavy atom. The van der Waals surface area contributed by atoms with E-state index < -0.39 is 9.14 Å². The third-order valence-electron chi connectivity index (χ3n) is 2.44. The molecule has 24 heavy (non-hydrogen) atoms. The third kappa shape index (κ3) is 15.2. The molecule has 0 spiro atoms. The van der Waals surface area contributed by atoms with E-state index >= 15 is 0 Å². The van der Waals surface area contributed by atoms with Gasteiger partial charge in [0.15, 0.2) is 0 Å². The summed E-state index contributed by atoms with van der Waals surface area (Å²) in [6.45, 7) is 6.03. The van der Waals surface area contributed by atoms with Gasteiger partial charge in [-0.3, -0.25) is 4.58 Å². The minimum atomic E-state index is -5.42. The molecule has 1 amide bonds. The standard InChI is InChI=1S/C14H21N2O.6ClH.Sb/c1-11(2)16(10-15(4)5)14(17)13-8-6-12(3)7-9-13;;;;;;;/h6-11H,1-5H3;6*1H;/q+1;;;;;;;+5/p-6. The third-order valence-corrected chi connectivity index (χ3v) is 2.44. The molecule has 1 aromatic rings. The Morgan fingerprint density at radius 3 is 1.71 bits per heavy atom. The summed E-state index contributed by atoms with van der Waals surface area (Å²) in [4.78, 5) is 14.0. The molecule has 10 heteroatoms. The molecule has 0 bridgehead atoms. The number of amides is 1. The molecular formula is C14H21Cl6N2OSb. The molecule has 1 aromatic carbocycles. The molecule has 0 atom stereocenters. The molecule has 0 aromatic heterocycles. The maximum absolute atomic E-state index is 12.3. The van der Waals surface area contributed by atoms with E-state index in [0.29, 0.717) is 0 Å². The van der Waals surface area contributed by atoms with E-state index in [4.69, 9.17) is 53.0 Å². The van der Waals surface area contributed by atoms with Crippen LogP contribution in [0.2, 0.25) is 0 Å². The summed E-state index contributed by atoms with van der Waals surface area (Å²) in [7, 11) is 28.8. The Labute approximate surface area is 163 Å². The Balaban J connectivity index is 0.000000640. The summed E-state index contributed by atoms with van der Waals surface area (Å²) in [5.74, 6) is 0.0358. The van der Waals surface area contributed by atoms with E-state index in [0.717, 1.165) is 11.1 Å². The fraction of sp³-hybridized carbons (Fsp3) is 0.429. The number of carbonyl (C=O) groups excluding carboxylic acids is 1. The van der Waals surface area contributed by atoms with Crippen LogP contribution in [0.5, 0.6) is 0 Å². The van der Waals surface area contributed by atoms with Gasteiger partial charge in [-0.15, -0.1) is 0 Å². The first-order valence-corrected chi connectivity index (χ1v) is 26.2. The van der Waals surface area contributed by atoms with E-state index in [2.05, 4.69) is 0 Å². The fourth-order valence-electron chi connectivity index (χ4n) is 1.51. The summed E-state index contributed by atoms with van der Waals surface area (Å²) < 4.78 is 1.88. The summed E-state index contributed by atoms with van der Waals surface area (Å²) in [5, 5.41) is 0. The zero-order valence-electron chi connectivity index (χ0n) is 14.0. The summed E-state index contributed by atoms with van der Waals surface area (Å²) in [6.07, 6.45) is 1.83. The van der Waals surface area contributed by atoms with Gasteiger partial charge in [0.25, 0.3) is 0 Å². The SMILES string of the molecule is Cc1ccc(C(=O)N(C=[N+](C)C)C(C)C)cc1.[Cl][Sb-]([Cl])([Cl])([Cl])([Cl])[Cl]. The van der Waals surface area contributed by atoms with Crippen molar-refractivity contribution < 1.29 is 9.37 Å². The van der Waals surface area contributed by atoms with Crippen LogP contribution < -0.4 is 0 Å². The number of hydrogen-bond donors (Lipinski definition) is 0. The molecule has 0 saturated heterocycles. The van der Waals surface area contributed by atoms with Gasteiger partial charge in [0, 0.05) is 0 Å². The van der Waals surface area contributed by atoms with Gasteiger partial charge in [0.05, 0.1) is 25.7 Å². The van der Waals surface area contributed by atoms with Crippen molar-refractivity contribution in [3.05, 3.63) is 35.4 Å². The van der Waals surface area contributed by atoms with Gasteiger partial charge >= 0.3 is 68.0 Å². The average molecular weight is 568 g/mol. The van der Waals surface area contributed by atoms with E-state index in [1.54, 1.807) is 4.90 Å². The van der Waals surface area contributed by atoms with Crippen molar-refractivity contribution in [2.75, 3.05) is 14.1 Å². The quantitative estimate of drug-likeness (QED) is 0.193. The summed E-state index contributed by atoms with van der Waals surface area (Å²) in [5.41, 5.74) is 1.89. The zero-order valence-corrected chi connectivity index (χ0v) is 21.1. The van der Waals surface area contributed by atoms with Crippen molar-refractivity contribution in [1.29, 1.82) is 0 Å². The van der Waals surface area contributed by atoms with Crippen LogP contribution in [0.25, 0.3) is 0 Å². The second-order valence-electron chi connectivity index (χ2n) is 5.71. The molecule has 3 nitrogen and oxygen atoms in total. The van der Waals surface area contributed by atoms with E-state index in [9.17, 15) is 4.79 Å². The zero-order chi connectivity index (χ0) is 19.4. The molecule has 140 valence electrons. The molecule has 1 rings (SSSR count). The van der Waals surface area contributed by atoms with Crippen molar-refractivity contribution >= 4 is 74.4 Å². The Hall–Kier alpha value is 0.918. The first-order valence-electron chi connectivity index (χ1n) is 6.84. The van der Waals surface area contributed by atoms with Gasteiger partial charge in [-0.2, -0.15) is 4.90 Å². The van der Waals surface area contributed by atoms with Crippen LogP contribution in [0.3, 0.4) is 0 Å². The number of halogens is 6. The molecule has 0 aliphatic heterocycles. The predicted octanol–water partition coefficient (Wildman–Crippen LogP) is 5.90. The molecule has 0 aliphatic carbocycles. The van der Waals surface area contributed by atoms with Gasteiger partial charge in [-0.1, -0.05) is 17.7 Å². The normalized spacial score (nSPS) is 14.0. The van der Waals surface area contributed by atoms with Gasteiger partial charge < -0.3 is 0 Å². The van der Waals surface area contributed by atoms with Crippen LogP contribution in [0, 0.1) is 6.92 Å². The number of hydrogen-bond acceptors (Lipinski definition) is 1. The first kappa shape index (κ1) is 24.9. The Kier molecular flexibility index (Phi) is 8.61. The Bertz CT molecular complexity index is 593. The number of aryl methyl sites for hydroxylation is 1. The molecule has 0 heterocycles. The molecule has 0 radical (unpaired) electrons. The van der Waals surface area contributed by atoms with E-state index in [1.807, 2.05) is 70.0 Å². The number of carbonyl (C=O) groups is 1. The van der Waals surface area contributed by atoms with Gasteiger partial charge in [-0.25, -0.2) is 4.79 Å². The number of rotatable bonds is 3. The van der Waals surface area contributed by atoms with Crippen LogP contribution in [0.15, 0.2) is 24.3 Å². The maximum atomic E-state index is 12.3. The second kappa shape index (κ2) is 8.29. The topological polar surface area (TPSA) is 23.3 Å². The molecule has 0 fully saturated rings. The van der Waals surface area contributed by atoms with Crippen molar-refractivity contribution in [3.63, 3.8) is 0 Å². The monoisotopic (exact) mass is 564 g/mol. The molecule has 0 N–H and O–H groups in total. The predicted molar refractivity (Wildman–Crippen MR) is 112 cm³/mol. The summed E-state index contributed by atoms with van der Waals surface area (Å²) in [6, 6.07) is 7.81. The number of benzene rings is 1. The molecule has 0 saturated carbocycles. The summed E-state index contributed by atoms with van der Waals surface area (Å²) >= 11 is 0. The first-order chi connectivity index (χ1) is 10.4. The molecular weight excluding hydrogens is 547 g/mol. The van der Waals surface area contributed by atoms with Crippen molar-refractivity contribution in [1.82, 2.24) is 4.90 Å². The van der Waals surface area contributed by atoms with Gasteiger partial charge in [0.2, 0.25) is 6.34 Å². The average Bonchev–Trinajstić information content (AvgIpc) is 2.31. The molecule has 0 unspecified atom stereocenters. The molecule has 0 aliphatic rings. The van der Waals surface area contributed by atoms with Crippen LogP contribution in [-0.2, 0) is 0 Å². The van der Waals surface area contributed by atoms with Gasteiger partial charge in [-0.05, 0) is 32.9 Å². The van der Waals surface area contributed by atoms with Gasteiger partial charge in [0.1, 0.15) is 0 Å². The van der Waals surface area contributed by atoms with Crippen molar-refractivity contribution in [2.24, 2.45) is 0 Å². The minimum absolute atomic E-state index is 0.0358. The van der Waals surface area contributed by atoms with Crippen molar-refractivity contribution in [3.8, 4) is 0 Å². The van der Waals surface area contributed by atoms with Crippen molar-refractivity contribution in [2.45, 2.75) is 26.8 Å². The van der Waals surface area contributed by atoms with Crippen LogP contribution >= 0.6 is 53.0 Å². The fourth-order valence-corrected chi connectivity index (χ4v) is 1.51. The van der Waals surface area contributed by atoms with E-state index in [1.165, 1.54) is 0 Å². The Morgan fingerprint density at radius 1 is 1.04 bits per heavy atom. The van der Waals surface area contributed by atoms with Crippen LogP contribution in [0.4, 0.5) is 0 Å².